The first-order valence-electron chi connectivity index (χ1n) is 6.31. The van der Waals surface area contributed by atoms with Gasteiger partial charge in [0.15, 0.2) is 6.61 Å². The number of carbonyl (C=O) groups excluding carboxylic acids is 1. The second-order valence-corrected chi connectivity index (χ2v) is 5.17. The van der Waals surface area contributed by atoms with E-state index < -0.39 is 6.09 Å². The average Bonchev–Trinajstić information content (AvgIpc) is 2.89. The first kappa shape index (κ1) is 15.0. The molecule has 2 heterocycles. The van der Waals surface area contributed by atoms with Crippen LogP contribution in [-0.2, 0) is 4.74 Å². The highest BCUT2D eigenvalue weighted by Gasteiger charge is 2.19. The van der Waals surface area contributed by atoms with E-state index in [9.17, 15) is 4.79 Å². The van der Waals surface area contributed by atoms with E-state index in [2.05, 4.69) is 21.8 Å². The summed E-state index contributed by atoms with van der Waals surface area (Å²) in [6, 6.07) is 3.79. The van der Waals surface area contributed by atoms with Crippen molar-refractivity contribution in [1.82, 2.24) is 9.97 Å². The second kappa shape index (κ2) is 6.86. The van der Waals surface area contributed by atoms with Crippen molar-refractivity contribution in [2.24, 2.45) is 0 Å². The first-order chi connectivity index (χ1) is 10.1. The molecule has 0 saturated carbocycles. The van der Waals surface area contributed by atoms with E-state index in [0.717, 1.165) is 21.3 Å². The van der Waals surface area contributed by atoms with Crippen LogP contribution in [0.15, 0.2) is 24.5 Å². The highest BCUT2D eigenvalue weighted by atomic mass is 32.1. The van der Waals surface area contributed by atoms with Crippen molar-refractivity contribution in [2.75, 3.05) is 18.6 Å². The van der Waals surface area contributed by atoms with Gasteiger partial charge in [0.25, 0.3) is 0 Å². The number of nitrogens with zero attached hydrogens (tertiary/aromatic N) is 3. The van der Waals surface area contributed by atoms with Crippen molar-refractivity contribution < 1.29 is 9.53 Å². The molecule has 2 rings (SSSR count). The lowest BCUT2D eigenvalue weighted by atomic mass is 10.3. The Labute approximate surface area is 127 Å². The lowest BCUT2D eigenvalue weighted by Gasteiger charge is -2.14. The predicted molar refractivity (Wildman–Crippen MR) is 83.3 cm³/mol. The van der Waals surface area contributed by atoms with E-state index >= 15 is 0 Å². The molecule has 2 aromatic rings. The van der Waals surface area contributed by atoms with Crippen LogP contribution in [0.3, 0.4) is 0 Å². The van der Waals surface area contributed by atoms with Crippen LogP contribution < -0.4 is 4.90 Å². The minimum Gasteiger partial charge on any atom is -0.436 e. The number of ether oxygens (including phenoxy) is 1. The van der Waals surface area contributed by atoms with Crippen LogP contribution >= 0.6 is 11.3 Å². The molecule has 0 fully saturated rings. The molecule has 0 aromatic carbocycles. The maximum absolute atomic E-state index is 11.9. The molecule has 108 valence electrons. The number of hydrogen-bond acceptors (Lipinski definition) is 5. The van der Waals surface area contributed by atoms with Gasteiger partial charge in [-0.25, -0.2) is 9.78 Å². The van der Waals surface area contributed by atoms with Gasteiger partial charge in [-0.15, -0.1) is 5.92 Å². The molecule has 2 aromatic heterocycles. The third-order valence-electron chi connectivity index (χ3n) is 2.70. The SMILES string of the molecule is CC#CCOC(=O)N(C)c1sc(-c2cccnc2)nc1C. The smallest absolute Gasteiger partial charge is 0.415 e. The number of hydrogen-bond donors (Lipinski definition) is 0. The Morgan fingerprint density at radius 1 is 1.52 bits per heavy atom. The van der Waals surface area contributed by atoms with Crippen LogP contribution in [-0.4, -0.2) is 29.7 Å². The van der Waals surface area contributed by atoms with Gasteiger partial charge in [0.2, 0.25) is 0 Å². The minimum absolute atomic E-state index is 0.0903. The fourth-order valence-corrected chi connectivity index (χ4v) is 2.67. The van der Waals surface area contributed by atoms with Gasteiger partial charge in [0, 0.05) is 25.0 Å². The van der Waals surface area contributed by atoms with Gasteiger partial charge in [-0.2, -0.15) is 0 Å². The van der Waals surface area contributed by atoms with Gasteiger partial charge in [-0.05, 0) is 26.0 Å². The lowest BCUT2D eigenvalue weighted by molar-refractivity contribution is 0.169. The van der Waals surface area contributed by atoms with E-state index in [1.165, 1.54) is 16.2 Å². The number of pyridine rings is 1. The summed E-state index contributed by atoms with van der Waals surface area (Å²) in [7, 11) is 1.66. The fourth-order valence-electron chi connectivity index (χ4n) is 1.66. The molecule has 0 N–H and O–H groups in total. The Morgan fingerprint density at radius 3 is 3.00 bits per heavy atom. The topological polar surface area (TPSA) is 55.3 Å². The van der Waals surface area contributed by atoms with Crippen molar-refractivity contribution in [2.45, 2.75) is 13.8 Å². The van der Waals surface area contributed by atoms with Crippen molar-refractivity contribution in [3.63, 3.8) is 0 Å². The molecule has 21 heavy (non-hydrogen) atoms. The molecule has 0 radical (unpaired) electrons. The number of aryl methyl sites for hydroxylation is 1. The van der Waals surface area contributed by atoms with E-state index in [4.69, 9.17) is 4.74 Å². The third kappa shape index (κ3) is 3.58. The predicted octanol–water partition coefficient (Wildman–Crippen LogP) is 3.11. The summed E-state index contributed by atoms with van der Waals surface area (Å²) < 4.78 is 5.05. The average molecular weight is 301 g/mol. The molecular formula is C15H15N3O2S. The van der Waals surface area contributed by atoms with Crippen molar-refractivity contribution in [1.29, 1.82) is 0 Å². The molecule has 0 bridgehead atoms. The molecule has 0 atom stereocenters. The van der Waals surface area contributed by atoms with Crippen molar-refractivity contribution >= 4 is 22.4 Å². The Morgan fingerprint density at radius 2 is 2.33 bits per heavy atom. The summed E-state index contributed by atoms with van der Waals surface area (Å²) in [6.45, 7) is 3.65. The van der Waals surface area contributed by atoms with Gasteiger partial charge < -0.3 is 4.74 Å². The van der Waals surface area contributed by atoms with E-state index in [1.54, 1.807) is 26.4 Å². The van der Waals surface area contributed by atoms with E-state index in [0.29, 0.717) is 0 Å². The van der Waals surface area contributed by atoms with E-state index in [1.807, 2.05) is 19.1 Å². The second-order valence-electron chi connectivity index (χ2n) is 4.19. The number of amides is 1. The Bertz CT molecular complexity index is 686. The zero-order valence-corrected chi connectivity index (χ0v) is 12.9. The van der Waals surface area contributed by atoms with Crippen molar-refractivity contribution in [3.05, 3.63) is 30.2 Å². The Hall–Kier alpha value is -2.39. The number of rotatable bonds is 3. The molecule has 0 saturated heterocycles. The summed E-state index contributed by atoms with van der Waals surface area (Å²) in [4.78, 5) is 21.9. The van der Waals surface area contributed by atoms with Crippen LogP contribution in [0.2, 0.25) is 0 Å². The quantitative estimate of drug-likeness (QED) is 0.817. The highest BCUT2D eigenvalue weighted by molar-refractivity contribution is 7.19. The number of thiazole rings is 1. The van der Waals surface area contributed by atoms with Gasteiger partial charge in [-0.1, -0.05) is 17.3 Å². The normalized spacial score (nSPS) is 9.67. The molecule has 5 nitrogen and oxygen atoms in total. The molecule has 0 aliphatic carbocycles. The monoisotopic (exact) mass is 301 g/mol. The van der Waals surface area contributed by atoms with Gasteiger partial charge in [0.05, 0.1) is 5.69 Å². The Balaban J connectivity index is 2.18. The first-order valence-corrected chi connectivity index (χ1v) is 7.13. The van der Waals surface area contributed by atoms with Crippen LogP contribution in [0.1, 0.15) is 12.6 Å². The zero-order valence-electron chi connectivity index (χ0n) is 12.1. The molecule has 1 amide bonds. The standard InChI is InChI=1S/C15H15N3O2S/c1-4-5-9-20-15(19)18(3)14-11(2)17-13(21-14)12-7-6-8-16-10-12/h6-8,10H,9H2,1-3H3. The lowest BCUT2D eigenvalue weighted by Crippen LogP contribution is -2.27. The highest BCUT2D eigenvalue weighted by Crippen LogP contribution is 2.33. The summed E-state index contributed by atoms with van der Waals surface area (Å²) >= 11 is 1.43. The molecule has 6 heteroatoms. The zero-order chi connectivity index (χ0) is 15.2. The maximum atomic E-state index is 11.9. The van der Waals surface area contributed by atoms with Crippen LogP contribution in [0, 0.1) is 18.8 Å². The summed E-state index contributed by atoms with van der Waals surface area (Å²) in [5, 5.41) is 1.58. The largest absolute Gasteiger partial charge is 0.436 e. The van der Waals surface area contributed by atoms with Gasteiger partial charge in [0.1, 0.15) is 10.0 Å². The molecule has 0 aliphatic heterocycles. The number of aromatic nitrogens is 2. The molecule has 0 spiro atoms. The summed E-state index contributed by atoms with van der Waals surface area (Å²) in [5.41, 5.74) is 1.70. The van der Waals surface area contributed by atoms with Crippen LogP contribution in [0.5, 0.6) is 0 Å². The minimum atomic E-state index is -0.442. The third-order valence-corrected chi connectivity index (χ3v) is 3.99. The van der Waals surface area contributed by atoms with E-state index in [-0.39, 0.29) is 6.61 Å². The van der Waals surface area contributed by atoms with Gasteiger partial charge in [-0.3, -0.25) is 9.88 Å². The number of carbonyl (C=O) groups is 1. The molecule has 0 aliphatic rings. The Kier molecular flexibility index (Phi) is 4.90. The maximum Gasteiger partial charge on any atom is 0.415 e. The summed E-state index contributed by atoms with van der Waals surface area (Å²) in [5.74, 6) is 5.37. The fraction of sp³-hybridized carbons (Fsp3) is 0.267. The molecule has 0 unspecified atom stereocenters. The van der Waals surface area contributed by atoms with Crippen LogP contribution in [0.25, 0.3) is 10.6 Å². The van der Waals surface area contributed by atoms with Crippen molar-refractivity contribution in [3.8, 4) is 22.4 Å². The molecular weight excluding hydrogens is 286 g/mol. The van der Waals surface area contributed by atoms with Gasteiger partial charge >= 0.3 is 6.09 Å². The number of anilines is 1. The summed E-state index contributed by atoms with van der Waals surface area (Å²) in [6.07, 6.45) is 3.02. The van der Waals surface area contributed by atoms with Crippen LogP contribution in [0.4, 0.5) is 9.80 Å².